The number of thioether (sulfide) groups is 1. The molecule has 7 heteroatoms. The third-order valence-corrected chi connectivity index (χ3v) is 7.92. The van der Waals surface area contributed by atoms with E-state index in [1.165, 1.54) is 23.8 Å². The number of rotatable bonds is 6. The zero-order chi connectivity index (χ0) is 24.2. The molecular formula is C28H29F2N3OS. The minimum atomic E-state index is -0.348. The average Bonchev–Trinajstić information content (AvgIpc) is 3.02. The van der Waals surface area contributed by atoms with Gasteiger partial charge in [-0.05, 0) is 72.1 Å². The van der Waals surface area contributed by atoms with Crippen molar-refractivity contribution in [2.24, 2.45) is 0 Å². The van der Waals surface area contributed by atoms with Crippen LogP contribution < -0.4 is 10.2 Å². The van der Waals surface area contributed by atoms with Crippen LogP contribution in [0.2, 0.25) is 0 Å². The molecule has 1 unspecified atom stereocenters. The van der Waals surface area contributed by atoms with Crippen molar-refractivity contribution in [2.75, 3.05) is 37.6 Å². The number of piperazine rings is 1. The number of hydrogen-bond donors (Lipinski definition) is 1. The number of amides is 1. The number of carbonyl (C=O) groups is 1. The zero-order valence-corrected chi connectivity index (χ0v) is 20.4. The van der Waals surface area contributed by atoms with Crippen LogP contribution in [-0.4, -0.2) is 43.5 Å². The molecule has 0 spiro atoms. The third-order valence-electron chi connectivity index (χ3n) is 6.78. The first-order chi connectivity index (χ1) is 17.1. The van der Waals surface area contributed by atoms with Gasteiger partial charge in [-0.15, -0.1) is 11.8 Å². The standard InChI is InChI=1S/C28H29F2N3OS/c29-21-7-10-23(11-8-21)33-16-14-32(15-17-33)13-3-6-27(34)31-28-24-5-2-1-4-20(24)19-35-26-12-9-22(30)18-25(26)28/h1-2,4-5,7-12,18,28H,3,6,13-17,19H2,(H,31,34). The Morgan fingerprint density at radius 1 is 0.914 bits per heavy atom. The lowest BCUT2D eigenvalue weighted by Gasteiger charge is -2.36. The van der Waals surface area contributed by atoms with Gasteiger partial charge in [-0.25, -0.2) is 8.78 Å². The van der Waals surface area contributed by atoms with Gasteiger partial charge in [-0.2, -0.15) is 0 Å². The molecular weight excluding hydrogens is 464 g/mol. The number of carbonyl (C=O) groups excluding carboxylic acids is 1. The van der Waals surface area contributed by atoms with Gasteiger partial charge in [0.05, 0.1) is 6.04 Å². The predicted molar refractivity (Wildman–Crippen MR) is 137 cm³/mol. The Kier molecular flexibility index (Phi) is 7.35. The smallest absolute Gasteiger partial charge is 0.220 e. The summed E-state index contributed by atoms with van der Waals surface area (Å²) in [5.41, 5.74) is 4.07. The Labute approximate surface area is 209 Å². The van der Waals surface area contributed by atoms with E-state index < -0.39 is 0 Å². The molecule has 1 atom stereocenters. The minimum absolute atomic E-state index is 0.0168. The fraction of sp³-hybridized carbons (Fsp3) is 0.321. The highest BCUT2D eigenvalue weighted by atomic mass is 32.2. The Hall–Kier alpha value is -2.90. The van der Waals surface area contributed by atoms with E-state index in [1.54, 1.807) is 17.8 Å². The summed E-state index contributed by atoms with van der Waals surface area (Å²) >= 11 is 1.68. The molecule has 3 aromatic carbocycles. The summed E-state index contributed by atoms with van der Waals surface area (Å²) < 4.78 is 27.3. The van der Waals surface area contributed by atoms with Crippen LogP contribution in [0, 0.1) is 11.6 Å². The molecule has 2 aliphatic rings. The summed E-state index contributed by atoms with van der Waals surface area (Å²) in [6.45, 7) is 4.46. The molecule has 0 saturated carbocycles. The monoisotopic (exact) mass is 493 g/mol. The maximum atomic E-state index is 14.1. The quantitative estimate of drug-likeness (QED) is 0.500. The van der Waals surface area contributed by atoms with Gasteiger partial charge in [0.2, 0.25) is 5.91 Å². The van der Waals surface area contributed by atoms with Crippen LogP contribution in [0.15, 0.2) is 71.6 Å². The number of halogens is 2. The minimum Gasteiger partial charge on any atom is -0.369 e. The van der Waals surface area contributed by atoms with Crippen molar-refractivity contribution in [3.8, 4) is 0 Å². The summed E-state index contributed by atoms with van der Waals surface area (Å²) in [5.74, 6) is 0.274. The second-order valence-corrected chi connectivity index (χ2v) is 10.1. The second-order valence-electron chi connectivity index (χ2n) is 9.08. The van der Waals surface area contributed by atoms with Crippen molar-refractivity contribution >= 4 is 23.4 Å². The lowest BCUT2D eigenvalue weighted by atomic mass is 9.94. The van der Waals surface area contributed by atoms with E-state index in [0.29, 0.717) is 6.42 Å². The first-order valence-electron chi connectivity index (χ1n) is 12.1. The highest BCUT2D eigenvalue weighted by Gasteiger charge is 2.26. The van der Waals surface area contributed by atoms with Gasteiger partial charge < -0.3 is 10.2 Å². The second kappa shape index (κ2) is 10.8. The summed E-state index contributed by atoms with van der Waals surface area (Å²) in [6.07, 6.45) is 1.19. The Balaban J connectivity index is 1.16. The van der Waals surface area contributed by atoms with Crippen molar-refractivity contribution in [1.29, 1.82) is 0 Å². The lowest BCUT2D eigenvalue weighted by Crippen LogP contribution is -2.46. The molecule has 5 rings (SSSR count). The van der Waals surface area contributed by atoms with Gasteiger partial charge in [0.25, 0.3) is 0 Å². The number of nitrogens with one attached hydrogen (secondary N) is 1. The van der Waals surface area contributed by atoms with Crippen LogP contribution in [0.4, 0.5) is 14.5 Å². The molecule has 1 N–H and O–H groups in total. The van der Waals surface area contributed by atoms with Crippen LogP contribution in [0.3, 0.4) is 0 Å². The van der Waals surface area contributed by atoms with Crippen LogP contribution in [-0.2, 0) is 10.5 Å². The molecule has 35 heavy (non-hydrogen) atoms. The first-order valence-corrected chi connectivity index (χ1v) is 13.1. The van der Waals surface area contributed by atoms with Gasteiger partial charge in [-0.1, -0.05) is 24.3 Å². The Bertz CT molecular complexity index is 1180. The van der Waals surface area contributed by atoms with Gasteiger partial charge in [0.1, 0.15) is 11.6 Å². The molecule has 1 amide bonds. The molecule has 3 aromatic rings. The molecule has 182 valence electrons. The van der Waals surface area contributed by atoms with Gasteiger partial charge in [0, 0.05) is 48.9 Å². The normalized spacial score (nSPS) is 17.9. The summed E-state index contributed by atoms with van der Waals surface area (Å²) in [6, 6.07) is 19.2. The van der Waals surface area contributed by atoms with E-state index in [4.69, 9.17) is 0 Å². The fourth-order valence-corrected chi connectivity index (χ4v) is 5.96. The number of benzene rings is 3. The molecule has 0 aliphatic carbocycles. The van der Waals surface area contributed by atoms with Crippen LogP contribution in [0.5, 0.6) is 0 Å². The van der Waals surface area contributed by atoms with E-state index in [9.17, 15) is 13.6 Å². The van der Waals surface area contributed by atoms with Crippen LogP contribution in [0.25, 0.3) is 0 Å². The van der Waals surface area contributed by atoms with Crippen LogP contribution >= 0.6 is 11.8 Å². The highest BCUT2D eigenvalue weighted by molar-refractivity contribution is 7.98. The molecule has 0 bridgehead atoms. The van der Waals surface area contributed by atoms with Gasteiger partial charge in [0.15, 0.2) is 0 Å². The fourth-order valence-electron chi connectivity index (χ4n) is 4.88. The van der Waals surface area contributed by atoms with Crippen molar-refractivity contribution in [3.63, 3.8) is 0 Å². The molecule has 4 nitrogen and oxygen atoms in total. The molecule has 1 fully saturated rings. The average molecular weight is 494 g/mol. The molecule has 1 saturated heterocycles. The number of anilines is 1. The van der Waals surface area contributed by atoms with Crippen molar-refractivity contribution in [2.45, 2.75) is 29.5 Å². The van der Waals surface area contributed by atoms with E-state index in [0.717, 1.165) is 66.6 Å². The van der Waals surface area contributed by atoms with E-state index in [1.807, 2.05) is 36.4 Å². The molecule has 2 aliphatic heterocycles. The van der Waals surface area contributed by atoms with Crippen molar-refractivity contribution < 1.29 is 13.6 Å². The number of nitrogens with zero attached hydrogens (tertiary/aromatic N) is 2. The molecule has 0 radical (unpaired) electrons. The summed E-state index contributed by atoms with van der Waals surface area (Å²) in [7, 11) is 0. The first kappa shape index (κ1) is 23.8. The van der Waals surface area contributed by atoms with Crippen LogP contribution in [0.1, 0.15) is 35.6 Å². The predicted octanol–water partition coefficient (Wildman–Crippen LogP) is 5.38. The highest BCUT2D eigenvalue weighted by Crippen LogP contribution is 2.39. The Morgan fingerprint density at radius 3 is 2.46 bits per heavy atom. The summed E-state index contributed by atoms with van der Waals surface area (Å²) in [4.78, 5) is 18.6. The van der Waals surface area contributed by atoms with Gasteiger partial charge in [-0.3, -0.25) is 9.69 Å². The topological polar surface area (TPSA) is 35.6 Å². The molecule has 0 aromatic heterocycles. The number of fused-ring (bicyclic) bond motifs is 2. The SMILES string of the molecule is O=C(CCCN1CCN(c2ccc(F)cc2)CC1)NC1c2ccccc2CSc2ccc(F)cc21. The van der Waals surface area contributed by atoms with Crippen molar-refractivity contribution in [1.82, 2.24) is 10.2 Å². The van der Waals surface area contributed by atoms with E-state index in [2.05, 4.69) is 21.2 Å². The van der Waals surface area contributed by atoms with Crippen molar-refractivity contribution in [3.05, 3.63) is 95.1 Å². The van der Waals surface area contributed by atoms with E-state index in [-0.39, 0.29) is 23.6 Å². The molecule has 2 heterocycles. The largest absolute Gasteiger partial charge is 0.369 e. The maximum Gasteiger partial charge on any atom is 0.220 e. The Morgan fingerprint density at radius 2 is 1.66 bits per heavy atom. The van der Waals surface area contributed by atoms with Gasteiger partial charge >= 0.3 is 0 Å². The van der Waals surface area contributed by atoms with E-state index >= 15 is 0 Å². The lowest BCUT2D eigenvalue weighted by molar-refractivity contribution is -0.121. The third kappa shape index (κ3) is 5.68. The maximum absolute atomic E-state index is 14.1. The summed E-state index contributed by atoms with van der Waals surface area (Å²) in [5, 5.41) is 3.19. The number of hydrogen-bond acceptors (Lipinski definition) is 4. The zero-order valence-electron chi connectivity index (χ0n) is 19.6.